The maximum atomic E-state index is 12.1. The lowest BCUT2D eigenvalue weighted by Gasteiger charge is -2.17. The number of carbonyl (C=O) groups excluding carboxylic acids is 1. The van der Waals surface area contributed by atoms with Crippen LogP contribution in [-0.2, 0) is 4.74 Å². The van der Waals surface area contributed by atoms with Gasteiger partial charge in [0.2, 0.25) is 0 Å². The van der Waals surface area contributed by atoms with Crippen molar-refractivity contribution < 1.29 is 9.53 Å². The second-order valence-electron chi connectivity index (χ2n) is 4.19. The number of halogens is 2. The lowest BCUT2D eigenvalue weighted by Crippen LogP contribution is -2.11. The van der Waals surface area contributed by atoms with Gasteiger partial charge in [-0.2, -0.15) is 0 Å². The van der Waals surface area contributed by atoms with Crippen molar-refractivity contribution in [2.75, 3.05) is 0 Å². The van der Waals surface area contributed by atoms with E-state index in [2.05, 4.69) is 4.98 Å². The monoisotopic (exact) mass is 309 g/mol. The van der Waals surface area contributed by atoms with Gasteiger partial charge in [-0.1, -0.05) is 42.3 Å². The zero-order chi connectivity index (χ0) is 14.5. The fourth-order valence-electron chi connectivity index (χ4n) is 1.82. The molecule has 1 unspecified atom stereocenters. The van der Waals surface area contributed by atoms with Crippen molar-refractivity contribution in [3.05, 3.63) is 63.9 Å². The fourth-order valence-corrected chi connectivity index (χ4v) is 2.22. The predicted octanol–water partition coefficient (Wildman–Crippen LogP) is 4.70. The number of pyridine rings is 1. The normalized spacial score (nSPS) is 11.9. The Morgan fingerprint density at radius 3 is 2.70 bits per heavy atom. The van der Waals surface area contributed by atoms with Gasteiger partial charge in [-0.25, -0.2) is 9.78 Å². The molecule has 0 radical (unpaired) electrons. The van der Waals surface area contributed by atoms with Crippen LogP contribution in [0.3, 0.4) is 0 Å². The van der Waals surface area contributed by atoms with Crippen molar-refractivity contribution in [2.45, 2.75) is 19.4 Å². The molecular formula is C15H13Cl2NO2. The molecule has 104 valence electrons. The number of benzene rings is 1. The van der Waals surface area contributed by atoms with E-state index < -0.39 is 5.97 Å². The molecule has 2 rings (SSSR count). The summed E-state index contributed by atoms with van der Waals surface area (Å²) in [5.74, 6) is -0.449. The smallest absolute Gasteiger partial charge is 0.340 e. The van der Waals surface area contributed by atoms with Gasteiger partial charge in [-0.05, 0) is 36.2 Å². The highest BCUT2D eigenvalue weighted by Gasteiger charge is 2.18. The van der Waals surface area contributed by atoms with Gasteiger partial charge in [-0.15, -0.1) is 0 Å². The molecule has 0 aliphatic carbocycles. The van der Waals surface area contributed by atoms with E-state index in [1.165, 1.54) is 0 Å². The number of esters is 1. The number of aromatic nitrogens is 1. The lowest BCUT2D eigenvalue weighted by atomic mass is 10.1. The molecule has 3 nitrogen and oxygen atoms in total. The SMILES string of the molecule is CCC(OC(=O)c1ccccc1Cl)c1ccnc(Cl)c1. The summed E-state index contributed by atoms with van der Waals surface area (Å²) in [5.41, 5.74) is 1.17. The average molecular weight is 310 g/mol. The van der Waals surface area contributed by atoms with Crippen molar-refractivity contribution >= 4 is 29.2 Å². The first kappa shape index (κ1) is 14.8. The summed E-state index contributed by atoms with van der Waals surface area (Å²) < 4.78 is 5.50. The van der Waals surface area contributed by atoms with Crippen LogP contribution in [0.25, 0.3) is 0 Å². The molecular weight excluding hydrogens is 297 g/mol. The Labute approximate surface area is 127 Å². The van der Waals surface area contributed by atoms with Gasteiger partial charge in [-0.3, -0.25) is 0 Å². The van der Waals surface area contributed by atoms with Crippen LogP contribution in [0.2, 0.25) is 10.2 Å². The minimum absolute atomic E-state index is 0.354. The van der Waals surface area contributed by atoms with E-state index in [0.29, 0.717) is 22.2 Å². The molecule has 1 aromatic heterocycles. The van der Waals surface area contributed by atoms with Crippen molar-refractivity contribution in [1.29, 1.82) is 0 Å². The molecule has 1 aromatic carbocycles. The first-order chi connectivity index (χ1) is 9.61. The average Bonchev–Trinajstić information content (AvgIpc) is 2.45. The molecule has 0 spiro atoms. The van der Waals surface area contributed by atoms with E-state index in [4.69, 9.17) is 27.9 Å². The van der Waals surface area contributed by atoms with E-state index >= 15 is 0 Å². The quantitative estimate of drug-likeness (QED) is 0.607. The zero-order valence-electron chi connectivity index (χ0n) is 10.8. The second kappa shape index (κ2) is 6.73. The van der Waals surface area contributed by atoms with Crippen LogP contribution in [-0.4, -0.2) is 11.0 Å². The van der Waals surface area contributed by atoms with Gasteiger partial charge in [0.25, 0.3) is 0 Å². The van der Waals surface area contributed by atoms with E-state index in [0.717, 1.165) is 5.56 Å². The maximum Gasteiger partial charge on any atom is 0.340 e. The highest BCUT2D eigenvalue weighted by Crippen LogP contribution is 2.25. The third-order valence-corrected chi connectivity index (χ3v) is 3.37. The van der Waals surface area contributed by atoms with Crippen LogP contribution in [0.15, 0.2) is 42.6 Å². The Morgan fingerprint density at radius 1 is 1.30 bits per heavy atom. The first-order valence-electron chi connectivity index (χ1n) is 6.18. The highest BCUT2D eigenvalue weighted by atomic mass is 35.5. The van der Waals surface area contributed by atoms with Crippen molar-refractivity contribution in [3.63, 3.8) is 0 Å². The Balaban J connectivity index is 2.19. The third-order valence-electron chi connectivity index (χ3n) is 2.84. The van der Waals surface area contributed by atoms with Crippen molar-refractivity contribution in [1.82, 2.24) is 4.98 Å². The molecule has 2 aromatic rings. The Hall–Kier alpha value is -1.58. The van der Waals surface area contributed by atoms with Gasteiger partial charge >= 0.3 is 5.97 Å². The molecule has 5 heteroatoms. The number of nitrogens with zero attached hydrogens (tertiary/aromatic N) is 1. The molecule has 0 amide bonds. The summed E-state index contributed by atoms with van der Waals surface area (Å²) in [7, 11) is 0. The molecule has 0 saturated carbocycles. The minimum atomic E-state index is -0.449. The molecule has 1 heterocycles. The summed E-state index contributed by atoms with van der Waals surface area (Å²) in [4.78, 5) is 16.0. The van der Waals surface area contributed by atoms with E-state index in [1.54, 1.807) is 42.6 Å². The third kappa shape index (κ3) is 3.50. The van der Waals surface area contributed by atoms with Crippen molar-refractivity contribution in [3.8, 4) is 0 Å². The van der Waals surface area contributed by atoms with Crippen LogP contribution in [0.4, 0.5) is 0 Å². The van der Waals surface area contributed by atoms with Crippen LogP contribution in [0, 0.1) is 0 Å². The van der Waals surface area contributed by atoms with Gasteiger partial charge in [0.15, 0.2) is 0 Å². The number of hydrogen-bond donors (Lipinski definition) is 0. The Kier molecular flexibility index (Phi) is 4.99. The van der Waals surface area contributed by atoms with E-state index in [1.807, 2.05) is 6.92 Å². The highest BCUT2D eigenvalue weighted by molar-refractivity contribution is 6.33. The molecule has 0 aliphatic rings. The second-order valence-corrected chi connectivity index (χ2v) is 4.99. The standard InChI is InChI=1S/C15H13Cl2NO2/c1-2-13(10-7-8-18-14(17)9-10)20-15(19)11-5-3-4-6-12(11)16/h3-9,13H,2H2,1H3. The lowest BCUT2D eigenvalue weighted by molar-refractivity contribution is 0.0288. The first-order valence-corrected chi connectivity index (χ1v) is 6.94. The van der Waals surface area contributed by atoms with Crippen LogP contribution in [0.1, 0.15) is 35.4 Å². The molecule has 1 atom stereocenters. The summed E-state index contributed by atoms with van der Waals surface area (Å²) in [6.45, 7) is 1.93. The summed E-state index contributed by atoms with van der Waals surface area (Å²) in [5, 5.41) is 0.745. The van der Waals surface area contributed by atoms with Gasteiger partial charge in [0, 0.05) is 6.20 Å². The summed E-state index contributed by atoms with van der Waals surface area (Å²) >= 11 is 11.8. The van der Waals surface area contributed by atoms with Crippen LogP contribution < -0.4 is 0 Å². The number of hydrogen-bond acceptors (Lipinski definition) is 3. The molecule has 0 bridgehead atoms. The predicted molar refractivity (Wildman–Crippen MR) is 79.1 cm³/mol. The van der Waals surface area contributed by atoms with Crippen LogP contribution >= 0.6 is 23.2 Å². The molecule has 20 heavy (non-hydrogen) atoms. The number of ether oxygens (including phenoxy) is 1. The largest absolute Gasteiger partial charge is 0.454 e. The van der Waals surface area contributed by atoms with Gasteiger partial charge in [0.05, 0.1) is 10.6 Å². The van der Waals surface area contributed by atoms with E-state index in [9.17, 15) is 4.79 Å². The molecule has 0 saturated heterocycles. The zero-order valence-corrected chi connectivity index (χ0v) is 12.4. The summed E-state index contributed by atoms with van der Waals surface area (Å²) in [6, 6.07) is 10.3. The molecule has 0 N–H and O–H groups in total. The topological polar surface area (TPSA) is 39.2 Å². The number of rotatable bonds is 4. The molecule has 0 fully saturated rings. The van der Waals surface area contributed by atoms with Gasteiger partial charge in [0.1, 0.15) is 11.3 Å². The molecule has 0 aliphatic heterocycles. The van der Waals surface area contributed by atoms with Crippen LogP contribution in [0.5, 0.6) is 0 Å². The van der Waals surface area contributed by atoms with Gasteiger partial charge < -0.3 is 4.74 Å². The van der Waals surface area contributed by atoms with Crippen molar-refractivity contribution in [2.24, 2.45) is 0 Å². The summed E-state index contributed by atoms with van der Waals surface area (Å²) in [6.07, 6.45) is 1.85. The minimum Gasteiger partial charge on any atom is -0.454 e. The number of carbonyl (C=O) groups is 1. The Morgan fingerprint density at radius 2 is 2.05 bits per heavy atom. The Bertz CT molecular complexity index is 616. The van der Waals surface area contributed by atoms with E-state index in [-0.39, 0.29) is 6.10 Å². The maximum absolute atomic E-state index is 12.1. The fraction of sp³-hybridized carbons (Fsp3) is 0.200.